The second kappa shape index (κ2) is 17.7. The van der Waals surface area contributed by atoms with Crippen LogP contribution in [0, 0.1) is 0 Å². The predicted molar refractivity (Wildman–Crippen MR) is 178 cm³/mol. The van der Waals surface area contributed by atoms with E-state index in [2.05, 4.69) is 10.6 Å². The van der Waals surface area contributed by atoms with E-state index in [1.807, 2.05) is 66.7 Å². The van der Waals surface area contributed by atoms with Gasteiger partial charge in [0, 0.05) is 40.0 Å². The van der Waals surface area contributed by atoms with E-state index in [-0.39, 0.29) is 30.6 Å². The Balaban J connectivity index is 1.55. The van der Waals surface area contributed by atoms with Crippen LogP contribution in [0.4, 0.5) is 0 Å². The van der Waals surface area contributed by atoms with Crippen molar-refractivity contribution in [3.63, 3.8) is 0 Å². The second-order valence-corrected chi connectivity index (χ2v) is 11.8. The van der Waals surface area contributed by atoms with E-state index in [9.17, 15) is 19.2 Å². The fourth-order valence-corrected chi connectivity index (χ4v) is 5.58. The van der Waals surface area contributed by atoms with Gasteiger partial charge in [-0.3, -0.25) is 19.2 Å². The summed E-state index contributed by atoms with van der Waals surface area (Å²) in [5, 5.41) is 5.79. The van der Waals surface area contributed by atoms with Gasteiger partial charge in [-0.1, -0.05) is 85.6 Å². The lowest BCUT2D eigenvalue weighted by Crippen LogP contribution is -2.51. The lowest BCUT2D eigenvalue weighted by atomic mass is 10.0. The van der Waals surface area contributed by atoms with Crippen LogP contribution >= 0.6 is 0 Å². The number of carbonyl (C=O) groups excluding carboxylic acids is 4. The number of hydrogen-bond acceptors (Lipinski definition) is 5. The Morgan fingerprint density at radius 1 is 0.848 bits per heavy atom. The van der Waals surface area contributed by atoms with Crippen LogP contribution in [0.3, 0.4) is 0 Å². The van der Waals surface area contributed by atoms with Crippen LogP contribution in [-0.4, -0.2) is 79.3 Å². The highest BCUT2D eigenvalue weighted by atomic mass is 16.5. The van der Waals surface area contributed by atoms with Gasteiger partial charge in [-0.05, 0) is 48.9 Å². The third-order valence-corrected chi connectivity index (χ3v) is 8.40. The molecule has 46 heavy (non-hydrogen) atoms. The zero-order valence-electron chi connectivity index (χ0n) is 27.0. The third-order valence-electron chi connectivity index (χ3n) is 8.40. The highest BCUT2D eigenvalue weighted by Crippen LogP contribution is 2.20. The van der Waals surface area contributed by atoms with Gasteiger partial charge in [0.25, 0.3) is 5.91 Å². The van der Waals surface area contributed by atoms with Gasteiger partial charge in [-0.15, -0.1) is 0 Å². The fourth-order valence-electron chi connectivity index (χ4n) is 5.58. The largest absolute Gasteiger partial charge is 0.493 e. The van der Waals surface area contributed by atoms with Gasteiger partial charge < -0.3 is 25.2 Å². The van der Waals surface area contributed by atoms with E-state index in [0.717, 1.165) is 36.8 Å². The van der Waals surface area contributed by atoms with Crippen LogP contribution in [0.25, 0.3) is 0 Å². The van der Waals surface area contributed by atoms with Gasteiger partial charge in [-0.2, -0.15) is 0 Å². The number of likely N-dealkylation sites (N-methyl/N-ethyl adjacent to an activating group) is 2. The molecule has 4 rings (SSSR count). The summed E-state index contributed by atoms with van der Waals surface area (Å²) in [5.74, 6) is -0.774. The molecule has 4 amide bonds. The van der Waals surface area contributed by atoms with Crippen molar-refractivity contribution in [2.24, 2.45) is 0 Å². The zero-order chi connectivity index (χ0) is 32.7. The number of fused-ring (bicyclic) bond motifs is 1. The molecule has 244 valence electrons. The van der Waals surface area contributed by atoms with Crippen LogP contribution < -0.4 is 15.4 Å². The maximum absolute atomic E-state index is 13.7. The van der Waals surface area contributed by atoms with Crippen molar-refractivity contribution < 1.29 is 23.9 Å². The molecule has 0 fully saturated rings. The fraction of sp³-hybridized carbons (Fsp3) is 0.405. The molecule has 0 spiro atoms. The molecule has 0 bridgehead atoms. The average molecular weight is 627 g/mol. The summed E-state index contributed by atoms with van der Waals surface area (Å²) in [6.07, 6.45) is 4.50. The summed E-state index contributed by atoms with van der Waals surface area (Å²) in [7, 11) is 3.43. The van der Waals surface area contributed by atoms with Crippen molar-refractivity contribution in [1.82, 2.24) is 20.4 Å². The third kappa shape index (κ3) is 10.2. The van der Waals surface area contributed by atoms with Gasteiger partial charge in [0.15, 0.2) is 0 Å². The molecule has 1 aliphatic rings. The minimum atomic E-state index is -0.971. The van der Waals surface area contributed by atoms with Crippen molar-refractivity contribution in [2.75, 3.05) is 33.8 Å². The van der Waals surface area contributed by atoms with E-state index < -0.39 is 18.0 Å². The zero-order valence-corrected chi connectivity index (χ0v) is 27.0. The lowest BCUT2D eigenvalue weighted by molar-refractivity contribution is -0.144. The number of rotatable bonds is 6. The van der Waals surface area contributed by atoms with Gasteiger partial charge in [0.2, 0.25) is 17.7 Å². The second-order valence-electron chi connectivity index (χ2n) is 11.8. The Hall–Kier alpha value is -4.66. The van der Waals surface area contributed by atoms with E-state index in [1.54, 1.807) is 37.2 Å². The number of carbonyl (C=O) groups is 4. The van der Waals surface area contributed by atoms with Crippen LogP contribution in [0.15, 0.2) is 84.9 Å². The molecular formula is C37H46N4O5. The van der Waals surface area contributed by atoms with Gasteiger partial charge in [-0.25, -0.2) is 0 Å². The summed E-state index contributed by atoms with van der Waals surface area (Å²) < 4.78 is 5.99. The normalized spacial score (nSPS) is 19.1. The Kier molecular flexibility index (Phi) is 13.2. The Labute approximate surface area is 272 Å². The number of nitrogens with zero attached hydrogens (tertiary/aromatic N) is 2. The summed E-state index contributed by atoms with van der Waals surface area (Å²) in [6, 6.07) is 24.8. The van der Waals surface area contributed by atoms with Crippen molar-refractivity contribution in [3.8, 4) is 5.75 Å². The molecule has 3 aromatic carbocycles. The predicted octanol–water partition coefficient (Wildman–Crippen LogP) is 4.41. The number of benzene rings is 3. The van der Waals surface area contributed by atoms with Crippen molar-refractivity contribution in [2.45, 2.75) is 63.5 Å². The first-order chi connectivity index (χ1) is 22.3. The number of nitrogens with one attached hydrogen (secondary N) is 2. The molecule has 0 saturated heterocycles. The minimum Gasteiger partial charge on any atom is -0.493 e. The van der Waals surface area contributed by atoms with Gasteiger partial charge >= 0.3 is 0 Å². The van der Waals surface area contributed by atoms with Crippen LogP contribution in [-0.2, 0) is 27.2 Å². The minimum absolute atomic E-state index is 0.0337. The highest BCUT2D eigenvalue weighted by Gasteiger charge is 2.31. The van der Waals surface area contributed by atoms with E-state index in [0.29, 0.717) is 43.9 Å². The summed E-state index contributed by atoms with van der Waals surface area (Å²) in [4.78, 5) is 57.5. The summed E-state index contributed by atoms with van der Waals surface area (Å²) in [5.41, 5.74) is 2.37. The molecule has 0 saturated carbocycles. The molecule has 0 aromatic heterocycles. The van der Waals surface area contributed by atoms with Crippen molar-refractivity contribution in [3.05, 3.63) is 102 Å². The first kappa shape index (κ1) is 34.2. The van der Waals surface area contributed by atoms with Gasteiger partial charge in [0.05, 0.1) is 12.2 Å². The first-order valence-corrected chi connectivity index (χ1v) is 16.2. The quantitative estimate of drug-likeness (QED) is 0.422. The average Bonchev–Trinajstić information content (AvgIpc) is 3.08. The van der Waals surface area contributed by atoms with Crippen molar-refractivity contribution >= 4 is 23.6 Å². The molecule has 1 heterocycles. The molecule has 1 aliphatic heterocycles. The first-order valence-electron chi connectivity index (χ1n) is 16.2. The van der Waals surface area contributed by atoms with E-state index in [4.69, 9.17) is 4.74 Å². The molecule has 2 atom stereocenters. The standard InChI is InChI=1S/C37H46N4O5/c1-40-25-13-3-4-14-26-46-33-20-12-11-19-30(33)35(43)39-31(36(44)38-24-23-28-15-7-5-8-16-28)21-22-34(42)41(2)32(37(40)45)27-29-17-9-6-10-18-29/h5-12,15-20,31-32H,3-4,13-14,21-27H2,1-2H3,(H,38,44)(H,39,43)/t31-,32-/m0/s1. The number of hydrogen-bond donors (Lipinski definition) is 2. The van der Waals surface area contributed by atoms with E-state index in [1.165, 1.54) is 4.90 Å². The molecule has 9 heteroatoms. The monoisotopic (exact) mass is 626 g/mol. The maximum Gasteiger partial charge on any atom is 0.255 e. The Morgan fingerprint density at radius 3 is 2.24 bits per heavy atom. The number of amides is 4. The summed E-state index contributed by atoms with van der Waals surface area (Å²) in [6.45, 7) is 1.41. The highest BCUT2D eigenvalue weighted by molar-refractivity contribution is 5.99. The van der Waals surface area contributed by atoms with Crippen LogP contribution in [0.2, 0.25) is 0 Å². The topological polar surface area (TPSA) is 108 Å². The smallest absolute Gasteiger partial charge is 0.255 e. The van der Waals surface area contributed by atoms with E-state index >= 15 is 0 Å². The molecule has 2 N–H and O–H groups in total. The molecule has 9 nitrogen and oxygen atoms in total. The molecule has 0 radical (unpaired) electrons. The molecule has 0 aliphatic carbocycles. The number of ether oxygens (including phenoxy) is 1. The van der Waals surface area contributed by atoms with Crippen LogP contribution in [0.5, 0.6) is 5.75 Å². The van der Waals surface area contributed by atoms with Gasteiger partial charge in [0.1, 0.15) is 17.8 Å². The maximum atomic E-state index is 13.7. The lowest BCUT2D eigenvalue weighted by Gasteiger charge is -2.31. The summed E-state index contributed by atoms with van der Waals surface area (Å²) >= 11 is 0. The number of para-hydroxylation sites is 1. The SMILES string of the molecule is CN1CCCCCCOc2ccccc2C(=O)N[C@H](C(=O)NCCc2ccccc2)CCC(=O)N(C)[C@@H](Cc2ccccc2)C1=O. The van der Waals surface area contributed by atoms with Crippen LogP contribution in [0.1, 0.15) is 60.0 Å². The molecule has 3 aromatic rings. The molecule has 0 unspecified atom stereocenters. The van der Waals surface area contributed by atoms with Crippen molar-refractivity contribution in [1.29, 1.82) is 0 Å². The Morgan fingerprint density at radius 2 is 1.50 bits per heavy atom. The Bertz CT molecular complexity index is 1430. The molecular weight excluding hydrogens is 580 g/mol.